The Balaban J connectivity index is 1.58. The molecule has 7 heteroatoms. The molecule has 0 bridgehead atoms. The number of sulfone groups is 1. The second-order valence-electron chi connectivity index (χ2n) is 5.88. The van der Waals surface area contributed by atoms with Crippen LogP contribution in [0.1, 0.15) is 40.9 Å². The summed E-state index contributed by atoms with van der Waals surface area (Å²) in [5.74, 6) is -0.0256. The van der Waals surface area contributed by atoms with Gasteiger partial charge in [-0.3, -0.25) is 4.79 Å². The van der Waals surface area contributed by atoms with E-state index in [0.29, 0.717) is 38.4 Å². The van der Waals surface area contributed by atoms with Gasteiger partial charge in [-0.1, -0.05) is 29.3 Å². The highest BCUT2D eigenvalue weighted by atomic mass is 35.5. The van der Waals surface area contributed by atoms with Crippen LogP contribution in [-0.2, 0) is 16.3 Å². The highest BCUT2D eigenvalue weighted by molar-refractivity contribution is 7.94. The van der Waals surface area contributed by atoms with Crippen molar-refractivity contribution < 1.29 is 13.2 Å². The predicted molar refractivity (Wildman–Crippen MR) is 98.3 cm³/mol. The fourth-order valence-corrected chi connectivity index (χ4v) is 6.15. The molecule has 0 atom stereocenters. The second kappa shape index (κ2) is 7.16. The zero-order valence-corrected chi connectivity index (χ0v) is 15.9. The van der Waals surface area contributed by atoms with Gasteiger partial charge in [0.2, 0.25) is 0 Å². The van der Waals surface area contributed by atoms with E-state index >= 15 is 0 Å². The van der Waals surface area contributed by atoms with Crippen LogP contribution in [0.4, 0.5) is 0 Å². The van der Waals surface area contributed by atoms with E-state index in [1.54, 1.807) is 24.3 Å². The maximum atomic E-state index is 12.3. The van der Waals surface area contributed by atoms with Gasteiger partial charge in [0.25, 0.3) is 0 Å². The van der Waals surface area contributed by atoms with Gasteiger partial charge in [-0.25, -0.2) is 8.42 Å². The number of rotatable bonds is 7. The van der Waals surface area contributed by atoms with Crippen LogP contribution < -0.4 is 0 Å². The van der Waals surface area contributed by atoms with Crippen molar-refractivity contribution in [1.82, 2.24) is 0 Å². The van der Waals surface area contributed by atoms with Gasteiger partial charge < -0.3 is 0 Å². The first-order valence-corrected chi connectivity index (χ1v) is 10.8. The summed E-state index contributed by atoms with van der Waals surface area (Å²) in [6.07, 6.45) is 3.16. The van der Waals surface area contributed by atoms with E-state index in [-0.39, 0.29) is 11.0 Å². The number of hydrogen-bond donors (Lipinski definition) is 0. The van der Waals surface area contributed by atoms with Gasteiger partial charge >= 0.3 is 0 Å². The van der Waals surface area contributed by atoms with Crippen molar-refractivity contribution in [3.05, 3.63) is 50.8 Å². The lowest BCUT2D eigenvalue weighted by Gasteiger charge is -2.04. The Kier molecular flexibility index (Phi) is 5.35. The van der Waals surface area contributed by atoms with Crippen LogP contribution in [0.3, 0.4) is 0 Å². The van der Waals surface area contributed by atoms with Crippen molar-refractivity contribution >= 4 is 50.2 Å². The minimum atomic E-state index is -3.22. The lowest BCUT2D eigenvalue weighted by molar-refractivity contribution is 0.0984. The molecular weight excluding hydrogens is 387 g/mol. The van der Waals surface area contributed by atoms with Crippen molar-refractivity contribution in [2.24, 2.45) is 0 Å². The Morgan fingerprint density at radius 1 is 1.17 bits per heavy atom. The van der Waals surface area contributed by atoms with Gasteiger partial charge in [0.05, 0.1) is 10.1 Å². The number of ketones is 1. The van der Waals surface area contributed by atoms with Gasteiger partial charge in [0.1, 0.15) is 4.21 Å². The lowest BCUT2D eigenvalue weighted by Crippen LogP contribution is -2.04. The zero-order chi connectivity index (χ0) is 17.3. The largest absolute Gasteiger partial charge is 0.293 e. The smallest absolute Gasteiger partial charge is 0.190 e. The highest BCUT2D eigenvalue weighted by Gasteiger charge is 2.37. The van der Waals surface area contributed by atoms with Gasteiger partial charge in [-0.05, 0) is 55.5 Å². The summed E-state index contributed by atoms with van der Waals surface area (Å²) >= 11 is 13.1. The van der Waals surface area contributed by atoms with E-state index in [4.69, 9.17) is 23.2 Å². The van der Waals surface area contributed by atoms with Crippen molar-refractivity contribution in [1.29, 1.82) is 0 Å². The summed E-state index contributed by atoms with van der Waals surface area (Å²) in [4.78, 5) is 12.8. The molecule has 128 valence electrons. The summed E-state index contributed by atoms with van der Waals surface area (Å²) in [7, 11) is -3.22. The number of hydrogen-bond acceptors (Lipinski definition) is 4. The van der Waals surface area contributed by atoms with E-state index < -0.39 is 9.84 Å². The summed E-state index contributed by atoms with van der Waals surface area (Å²) in [5, 5.41) is 0.942. The first-order valence-electron chi connectivity index (χ1n) is 7.69. The molecule has 1 aliphatic rings. The van der Waals surface area contributed by atoms with Gasteiger partial charge in [-0.15, -0.1) is 11.3 Å². The molecule has 3 rings (SSSR count). The molecule has 0 spiro atoms. The quantitative estimate of drug-likeness (QED) is 0.598. The van der Waals surface area contributed by atoms with Gasteiger partial charge in [0.15, 0.2) is 15.6 Å². The minimum absolute atomic E-state index is 0.0256. The average Bonchev–Trinajstić information content (AvgIpc) is 3.27. The van der Waals surface area contributed by atoms with Crippen molar-refractivity contribution in [2.75, 3.05) is 0 Å². The second-order valence-corrected chi connectivity index (χ2v) is 10.3. The lowest BCUT2D eigenvalue weighted by atomic mass is 10.1. The molecule has 2 aromatic rings. The number of aryl methyl sites for hydroxylation is 1. The molecule has 1 aromatic heterocycles. The van der Waals surface area contributed by atoms with E-state index in [0.717, 1.165) is 29.7 Å². The third kappa shape index (κ3) is 4.02. The van der Waals surface area contributed by atoms with Crippen LogP contribution in [0.15, 0.2) is 34.5 Å². The topological polar surface area (TPSA) is 51.2 Å². The monoisotopic (exact) mass is 402 g/mol. The molecule has 0 unspecified atom stereocenters. The Hall–Kier alpha value is -0.880. The minimum Gasteiger partial charge on any atom is -0.293 e. The first kappa shape index (κ1) is 17.9. The Labute approximate surface area is 155 Å². The number of benzene rings is 1. The van der Waals surface area contributed by atoms with Crippen LogP contribution in [0.5, 0.6) is 0 Å². The molecule has 0 aliphatic heterocycles. The normalized spacial score (nSPS) is 14.8. The maximum Gasteiger partial charge on any atom is 0.190 e. The van der Waals surface area contributed by atoms with E-state index in [1.807, 2.05) is 6.07 Å². The molecule has 1 aliphatic carbocycles. The van der Waals surface area contributed by atoms with Gasteiger partial charge in [0, 0.05) is 16.5 Å². The van der Waals surface area contributed by atoms with Crippen molar-refractivity contribution in [2.45, 2.75) is 41.6 Å². The third-order valence-electron chi connectivity index (χ3n) is 3.96. The molecule has 0 radical (unpaired) electrons. The van der Waals surface area contributed by atoms with Crippen LogP contribution in [-0.4, -0.2) is 19.5 Å². The third-order valence-corrected chi connectivity index (χ3v) is 8.47. The molecule has 1 aromatic carbocycles. The predicted octanol–water partition coefficient (Wildman–Crippen LogP) is 5.20. The molecule has 0 N–H and O–H groups in total. The standard InChI is InChI=1S/C17H16Cl2O3S2/c18-12-5-4-11(14(19)10-12)2-1-3-15(20)16-8-9-17(23-16)24(21,22)13-6-7-13/h4-5,8-10,13H,1-3,6-7H2. The number of halogens is 2. The molecule has 1 fully saturated rings. The molecule has 1 saturated carbocycles. The number of thiophene rings is 1. The molecule has 1 heterocycles. The van der Waals surface area contributed by atoms with Crippen LogP contribution in [0.25, 0.3) is 0 Å². The maximum absolute atomic E-state index is 12.3. The molecule has 0 amide bonds. The zero-order valence-electron chi connectivity index (χ0n) is 12.8. The first-order chi connectivity index (χ1) is 11.4. The van der Waals surface area contributed by atoms with E-state index in [2.05, 4.69) is 0 Å². The van der Waals surface area contributed by atoms with E-state index in [9.17, 15) is 13.2 Å². The van der Waals surface area contributed by atoms with E-state index in [1.165, 1.54) is 0 Å². The SMILES string of the molecule is O=C(CCCc1ccc(Cl)cc1Cl)c1ccc(S(=O)(=O)C2CC2)s1. The molecule has 0 saturated heterocycles. The number of carbonyl (C=O) groups is 1. The highest BCUT2D eigenvalue weighted by Crippen LogP contribution is 2.36. The Bertz CT molecular complexity index is 868. The van der Waals surface area contributed by atoms with Crippen LogP contribution >= 0.6 is 34.5 Å². The molecule has 24 heavy (non-hydrogen) atoms. The van der Waals surface area contributed by atoms with Gasteiger partial charge in [-0.2, -0.15) is 0 Å². The number of carbonyl (C=O) groups excluding carboxylic acids is 1. The molecule has 3 nitrogen and oxygen atoms in total. The van der Waals surface area contributed by atoms with Crippen LogP contribution in [0, 0.1) is 0 Å². The summed E-state index contributed by atoms with van der Waals surface area (Å²) in [6, 6.07) is 8.51. The summed E-state index contributed by atoms with van der Waals surface area (Å²) < 4.78 is 24.7. The van der Waals surface area contributed by atoms with Crippen molar-refractivity contribution in [3.8, 4) is 0 Å². The Morgan fingerprint density at radius 3 is 2.58 bits per heavy atom. The summed E-state index contributed by atoms with van der Waals surface area (Å²) in [5.41, 5.74) is 0.956. The number of Topliss-reactive ketones (excluding diaryl/α,β-unsaturated/α-hetero) is 1. The fraction of sp³-hybridized carbons (Fsp3) is 0.353. The molecular formula is C17H16Cl2O3S2. The Morgan fingerprint density at radius 2 is 1.92 bits per heavy atom. The average molecular weight is 403 g/mol. The van der Waals surface area contributed by atoms with Crippen molar-refractivity contribution in [3.63, 3.8) is 0 Å². The van der Waals surface area contributed by atoms with Crippen LogP contribution in [0.2, 0.25) is 10.0 Å². The summed E-state index contributed by atoms with van der Waals surface area (Å²) in [6.45, 7) is 0. The fourth-order valence-electron chi connectivity index (χ4n) is 2.45.